The SMILES string of the molecule is CSNc1cccc(NC(=O)CSc2nc(N)nc3nc[nH]c23)c1. The zero-order chi connectivity index (χ0) is 16.9. The van der Waals surface area contributed by atoms with E-state index in [4.69, 9.17) is 5.73 Å². The first-order chi connectivity index (χ1) is 11.7. The smallest absolute Gasteiger partial charge is 0.234 e. The van der Waals surface area contributed by atoms with Crippen LogP contribution in [0.5, 0.6) is 0 Å². The predicted molar refractivity (Wildman–Crippen MR) is 99.0 cm³/mol. The van der Waals surface area contributed by atoms with Gasteiger partial charge in [-0.3, -0.25) is 4.79 Å². The summed E-state index contributed by atoms with van der Waals surface area (Å²) in [5, 5.41) is 3.46. The number of hydrogen-bond acceptors (Lipinski definition) is 8. The van der Waals surface area contributed by atoms with Gasteiger partial charge in [0.1, 0.15) is 10.5 Å². The van der Waals surface area contributed by atoms with Crippen LogP contribution in [0.4, 0.5) is 17.3 Å². The normalized spacial score (nSPS) is 10.7. The molecule has 2 aromatic heterocycles. The number of benzene rings is 1. The van der Waals surface area contributed by atoms with Crippen molar-refractivity contribution >= 4 is 58.1 Å². The van der Waals surface area contributed by atoms with Gasteiger partial charge >= 0.3 is 0 Å². The maximum Gasteiger partial charge on any atom is 0.234 e. The molecule has 3 rings (SSSR count). The molecule has 0 aliphatic rings. The molecule has 0 aliphatic carbocycles. The number of hydrogen-bond donors (Lipinski definition) is 4. The summed E-state index contributed by atoms with van der Waals surface area (Å²) in [5.74, 6) is 0.199. The Bertz CT molecular complexity index is 867. The number of aromatic nitrogens is 4. The highest BCUT2D eigenvalue weighted by molar-refractivity contribution is 8.00. The fraction of sp³-hybridized carbons (Fsp3) is 0.143. The molecule has 1 aromatic carbocycles. The van der Waals surface area contributed by atoms with Crippen LogP contribution in [0.15, 0.2) is 35.6 Å². The summed E-state index contributed by atoms with van der Waals surface area (Å²) in [6.07, 6.45) is 3.46. The van der Waals surface area contributed by atoms with Crippen LogP contribution in [0.3, 0.4) is 0 Å². The number of H-pyrrole nitrogens is 1. The van der Waals surface area contributed by atoms with Crippen molar-refractivity contribution in [1.29, 1.82) is 0 Å². The molecule has 0 radical (unpaired) electrons. The molecule has 8 nitrogen and oxygen atoms in total. The van der Waals surface area contributed by atoms with Crippen molar-refractivity contribution in [2.24, 2.45) is 0 Å². The second kappa shape index (κ2) is 7.41. The topological polar surface area (TPSA) is 122 Å². The summed E-state index contributed by atoms with van der Waals surface area (Å²) < 4.78 is 3.12. The van der Waals surface area contributed by atoms with E-state index in [1.807, 2.05) is 30.5 Å². The lowest BCUT2D eigenvalue weighted by atomic mass is 10.3. The van der Waals surface area contributed by atoms with Crippen molar-refractivity contribution in [1.82, 2.24) is 19.9 Å². The molecule has 5 N–H and O–H groups in total. The standard InChI is InChI=1S/C14H15N7OS2/c1-23-21-9-4-2-3-8(5-9)18-10(22)6-24-13-11-12(17-7-16-11)19-14(15)20-13/h2-5,7,21H,6H2,1H3,(H,18,22)(H3,15,16,17,19,20). The molecular weight excluding hydrogens is 346 g/mol. The van der Waals surface area contributed by atoms with E-state index < -0.39 is 0 Å². The number of nitrogen functional groups attached to an aromatic ring is 1. The van der Waals surface area contributed by atoms with Crippen molar-refractivity contribution < 1.29 is 4.79 Å². The average Bonchev–Trinajstić information content (AvgIpc) is 3.01. The number of rotatable bonds is 6. The lowest BCUT2D eigenvalue weighted by Gasteiger charge is -2.08. The highest BCUT2D eigenvalue weighted by Crippen LogP contribution is 2.24. The average molecular weight is 361 g/mol. The van der Waals surface area contributed by atoms with Gasteiger partial charge in [0.15, 0.2) is 5.65 Å². The van der Waals surface area contributed by atoms with Crippen LogP contribution < -0.4 is 15.8 Å². The molecule has 0 saturated carbocycles. The molecule has 0 aliphatic heterocycles. The van der Waals surface area contributed by atoms with E-state index in [-0.39, 0.29) is 17.6 Å². The van der Waals surface area contributed by atoms with Crippen LogP contribution in [-0.2, 0) is 4.79 Å². The molecule has 0 unspecified atom stereocenters. The lowest BCUT2D eigenvalue weighted by molar-refractivity contribution is -0.113. The summed E-state index contributed by atoms with van der Waals surface area (Å²) in [7, 11) is 0. The second-order valence-corrected chi connectivity index (χ2v) is 6.29. The fourth-order valence-electron chi connectivity index (χ4n) is 2.04. The minimum atomic E-state index is -0.133. The zero-order valence-electron chi connectivity index (χ0n) is 12.7. The summed E-state index contributed by atoms with van der Waals surface area (Å²) >= 11 is 2.77. The van der Waals surface area contributed by atoms with E-state index >= 15 is 0 Å². The highest BCUT2D eigenvalue weighted by Gasteiger charge is 2.11. The van der Waals surface area contributed by atoms with Crippen molar-refractivity contribution in [3.8, 4) is 0 Å². The van der Waals surface area contributed by atoms with E-state index in [9.17, 15) is 4.79 Å². The Balaban J connectivity index is 1.65. The molecule has 0 fully saturated rings. The number of carbonyl (C=O) groups excluding carboxylic acids is 1. The van der Waals surface area contributed by atoms with E-state index in [2.05, 4.69) is 30.0 Å². The first-order valence-corrected chi connectivity index (χ1v) is 9.15. The number of aromatic amines is 1. The largest absolute Gasteiger partial charge is 0.368 e. The van der Waals surface area contributed by atoms with Crippen LogP contribution in [-0.4, -0.2) is 37.9 Å². The maximum absolute atomic E-state index is 12.2. The van der Waals surface area contributed by atoms with Gasteiger partial charge in [0.05, 0.1) is 12.1 Å². The molecule has 24 heavy (non-hydrogen) atoms. The second-order valence-electron chi connectivity index (χ2n) is 4.71. The summed E-state index contributed by atoms with van der Waals surface area (Å²) in [4.78, 5) is 27.3. The van der Waals surface area contributed by atoms with Crippen LogP contribution in [0.1, 0.15) is 0 Å². The zero-order valence-corrected chi connectivity index (χ0v) is 14.4. The first-order valence-electron chi connectivity index (χ1n) is 6.94. The highest BCUT2D eigenvalue weighted by atomic mass is 32.2. The van der Waals surface area contributed by atoms with Crippen LogP contribution in [0.2, 0.25) is 0 Å². The molecule has 0 spiro atoms. The summed E-state index contributed by atoms with van der Waals surface area (Å²) in [6.45, 7) is 0. The lowest BCUT2D eigenvalue weighted by Crippen LogP contribution is -2.14. The van der Waals surface area contributed by atoms with Crippen LogP contribution in [0, 0.1) is 0 Å². The number of amides is 1. The van der Waals surface area contributed by atoms with Gasteiger partial charge in [-0.1, -0.05) is 29.8 Å². The van der Waals surface area contributed by atoms with Crippen molar-refractivity contribution in [3.63, 3.8) is 0 Å². The predicted octanol–water partition coefficient (Wildman–Crippen LogP) is 2.36. The number of thioether (sulfide) groups is 1. The Morgan fingerprint density at radius 1 is 1.33 bits per heavy atom. The van der Waals surface area contributed by atoms with Gasteiger partial charge in [-0.2, -0.15) is 4.98 Å². The van der Waals surface area contributed by atoms with Crippen molar-refractivity contribution in [2.75, 3.05) is 27.8 Å². The monoisotopic (exact) mass is 361 g/mol. The molecule has 2 heterocycles. The molecular formula is C14H15N7OS2. The minimum Gasteiger partial charge on any atom is -0.368 e. The fourth-order valence-corrected chi connectivity index (χ4v) is 3.19. The number of anilines is 3. The Morgan fingerprint density at radius 3 is 3.00 bits per heavy atom. The Kier molecular flexibility index (Phi) is 5.06. The molecule has 3 aromatic rings. The quantitative estimate of drug-likeness (QED) is 0.300. The van der Waals surface area contributed by atoms with E-state index in [1.165, 1.54) is 30.0 Å². The number of carbonyl (C=O) groups is 1. The van der Waals surface area contributed by atoms with Crippen molar-refractivity contribution in [3.05, 3.63) is 30.6 Å². The third-order valence-electron chi connectivity index (χ3n) is 2.98. The maximum atomic E-state index is 12.2. The number of nitrogens with two attached hydrogens (primary N) is 1. The van der Waals surface area contributed by atoms with E-state index in [0.29, 0.717) is 16.2 Å². The third-order valence-corrected chi connectivity index (χ3v) is 4.39. The molecule has 1 amide bonds. The molecule has 0 bridgehead atoms. The first kappa shape index (κ1) is 16.4. The van der Waals surface area contributed by atoms with Gasteiger partial charge < -0.3 is 20.8 Å². The van der Waals surface area contributed by atoms with Gasteiger partial charge in [-0.25, -0.2) is 9.97 Å². The Hall–Kier alpha value is -2.46. The number of fused-ring (bicyclic) bond motifs is 1. The van der Waals surface area contributed by atoms with E-state index in [0.717, 1.165) is 11.4 Å². The van der Waals surface area contributed by atoms with E-state index in [1.54, 1.807) is 0 Å². The van der Waals surface area contributed by atoms with Gasteiger partial charge in [-0.15, -0.1) is 0 Å². The van der Waals surface area contributed by atoms with Gasteiger partial charge in [0.25, 0.3) is 0 Å². The van der Waals surface area contributed by atoms with Crippen LogP contribution >= 0.6 is 23.7 Å². The number of nitrogens with one attached hydrogen (secondary N) is 3. The third kappa shape index (κ3) is 3.89. The summed E-state index contributed by atoms with van der Waals surface area (Å²) in [5.41, 5.74) is 8.48. The molecule has 0 atom stereocenters. The minimum absolute atomic E-state index is 0.133. The van der Waals surface area contributed by atoms with Crippen LogP contribution in [0.25, 0.3) is 11.2 Å². The van der Waals surface area contributed by atoms with Gasteiger partial charge in [-0.05, 0) is 18.2 Å². The Morgan fingerprint density at radius 2 is 2.17 bits per heavy atom. The van der Waals surface area contributed by atoms with Gasteiger partial charge in [0.2, 0.25) is 11.9 Å². The van der Waals surface area contributed by atoms with Crippen molar-refractivity contribution in [2.45, 2.75) is 5.03 Å². The summed E-state index contributed by atoms with van der Waals surface area (Å²) in [6, 6.07) is 7.51. The molecule has 10 heteroatoms. The molecule has 124 valence electrons. The number of imidazole rings is 1. The Labute approximate surface area is 146 Å². The van der Waals surface area contributed by atoms with Gasteiger partial charge in [0, 0.05) is 17.6 Å². The molecule has 0 saturated heterocycles. The number of nitrogens with zero attached hydrogens (tertiary/aromatic N) is 3.